The van der Waals surface area contributed by atoms with E-state index in [0.717, 1.165) is 18.7 Å². The maximum absolute atomic E-state index is 12.5. The summed E-state index contributed by atoms with van der Waals surface area (Å²) in [6.07, 6.45) is 2.52. The fourth-order valence-corrected chi connectivity index (χ4v) is 2.39. The van der Waals surface area contributed by atoms with Crippen LogP contribution in [0.4, 0.5) is 0 Å². The minimum Gasteiger partial charge on any atom is -0.383 e. The van der Waals surface area contributed by atoms with Crippen molar-refractivity contribution in [3.63, 3.8) is 0 Å². The van der Waals surface area contributed by atoms with Crippen molar-refractivity contribution >= 4 is 5.91 Å². The third-order valence-electron chi connectivity index (χ3n) is 4.12. The molecule has 0 radical (unpaired) electrons. The Morgan fingerprint density at radius 3 is 2.61 bits per heavy atom. The summed E-state index contributed by atoms with van der Waals surface area (Å²) in [7, 11) is 1.69. The molecule has 0 aromatic carbocycles. The molecule has 0 aromatic heterocycles. The molecule has 1 aliphatic carbocycles. The van der Waals surface area contributed by atoms with Crippen LogP contribution in [-0.2, 0) is 9.53 Å². The lowest BCUT2D eigenvalue weighted by Gasteiger charge is -2.31. The van der Waals surface area contributed by atoms with E-state index in [1.807, 2.05) is 11.8 Å². The second-order valence-electron chi connectivity index (χ2n) is 5.40. The number of hydrogen-bond acceptors (Lipinski definition) is 3. The topological polar surface area (TPSA) is 41.6 Å². The molecule has 1 saturated heterocycles. The summed E-state index contributed by atoms with van der Waals surface area (Å²) in [4.78, 5) is 14.5. The molecule has 1 atom stereocenters. The van der Waals surface area contributed by atoms with Crippen LogP contribution in [0.1, 0.15) is 26.7 Å². The van der Waals surface area contributed by atoms with E-state index in [2.05, 4.69) is 12.2 Å². The summed E-state index contributed by atoms with van der Waals surface area (Å²) in [5.41, 5.74) is 2.18. The number of carbonyl (C=O) groups excluding carboxylic acids is 1. The van der Waals surface area contributed by atoms with Crippen molar-refractivity contribution in [3.05, 3.63) is 11.1 Å². The van der Waals surface area contributed by atoms with Crippen LogP contribution < -0.4 is 5.32 Å². The minimum atomic E-state index is 0.197. The summed E-state index contributed by atoms with van der Waals surface area (Å²) >= 11 is 0. The molecule has 102 valence electrons. The van der Waals surface area contributed by atoms with Gasteiger partial charge in [0, 0.05) is 38.4 Å². The quantitative estimate of drug-likeness (QED) is 0.722. The van der Waals surface area contributed by atoms with Crippen LogP contribution in [0.25, 0.3) is 0 Å². The molecule has 2 fully saturated rings. The number of hydrogen-bond donors (Lipinski definition) is 1. The Kier molecular flexibility index (Phi) is 4.40. The molecule has 4 heteroatoms. The Morgan fingerprint density at radius 2 is 2.17 bits per heavy atom. The Bertz CT molecular complexity index is 342. The van der Waals surface area contributed by atoms with Crippen LogP contribution in [0.3, 0.4) is 0 Å². The van der Waals surface area contributed by atoms with Gasteiger partial charge < -0.3 is 15.0 Å². The van der Waals surface area contributed by atoms with Crippen LogP contribution in [0.15, 0.2) is 11.1 Å². The normalized spacial score (nSPS) is 20.3. The van der Waals surface area contributed by atoms with E-state index in [1.165, 1.54) is 18.4 Å². The minimum absolute atomic E-state index is 0.197. The molecule has 0 spiro atoms. The van der Waals surface area contributed by atoms with E-state index >= 15 is 0 Å². The molecule has 18 heavy (non-hydrogen) atoms. The first-order valence-electron chi connectivity index (χ1n) is 6.84. The molecule has 0 bridgehead atoms. The molecule has 2 rings (SSSR count). The summed E-state index contributed by atoms with van der Waals surface area (Å²) in [6.45, 7) is 7.18. The second kappa shape index (κ2) is 5.85. The molecular formula is C14H24N2O2. The Balaban J connectivity index is 2.04. The fourth-order valence-electron chi connectivity index (χ4n) is 2.39. The Hall–Kier alpha value is -0.870. The zero-order valence-corrected chi connectivity index (χ0v) is 11.7. The average molecular weight is 252 g/mol. The number of carbonyl (C=O) groups is 1. The van der Waals surface area contributed by atoms with Gasteiger partial charge in [0.2, 0.25) is 5.91 Å². The van der Waals surface area contributed by atoms with Crippen molar-refractivity contribution in [3.8, 4) is 0 Å². The number of ether oxygens (including phenoxy) is 1. The Labute approximate surface area is 109 Å². The zero-order valence-electron chi connectivity index (χ0n) is 11.7. The van der Waals surface area contributed by atoms with Crippen molar-refractivity contribution < 1.29 is 9.53 Å². The van der Waals surface area contributed by atoms with Crippen molar-refractivity contribution in [1.82, 2.24) is 10.2 Å². The van der Waals surface area contributed by atoms with Gasteiger partial charge in [-0.25, -0.2) is 0 Å². The van der Waals surface area contributed by atoms with Gasteiger partial charge in [0.15, 0.2) is 0 Å². The SMILES string of the molecule is COCCN(C(=O)C(C)=C1CNC1)C(C)C1CC1. The number of rotatable bonds is 6. The highest BCUT2D eigenvalue weighted by molar-refractivity contribution is 5.94. The van der Waals surface area contributed by atoms with Gasteiger partial charge in [0.25, 0.3) is 0 Å². The highest BCUT2D eigenvalue weighted by atomic mass is 16.5. The molecule has 1 saturated carbocycles. The van der Waals surface area contributed by atoms with Crippen molar-refractivity contribution in [2.75, 3.05) is 33.4 Å². The molecule has 1 heterocycles. The van der Waals surface area contributed by atoms with Gasteiger partial charge >= 0.3 is 0 Å². The van der Waals surface area contributed by atoms with E-state index in [-0.39, 0.29) is 5.91 Å². The number of nitrogens with zero attached hydrogens (tertiary/aromatic N) is 1. The maximum atomic E-state index is 12.5. The predicted octanol–water partition coefficient (Wildman–Crippen LogP) is 1.18. The van der Waals surface area contributed by atoms with Gasteiger partial charge in [-0.1, -0.05) is 0 Å². The highest BCUT2D eigenvalue weighted by Gasteiger charge is 2.35. The van der Waals surface area contributed by atoms with Crippen LogP contribution in [0, 0.1) is 5.92 Å². The van der Waals surface area contributed by atoms with Gasteiger partial charge in [-0.15, -0.1) is 0 Å². The molecule has 1 N–H and O–H groups in total. The van der Waals surface area contributed by atoms with E-state index in [4.69, 9.17) is 4.74 Å². The number of nitrogens with one attached hydrogen (secondary N) is 1. The lowest BCUT2D eigenvalue weighted by molar-refractivity contribution is -0.130. The third-order valence-corrected chi connectivity index (χ3v) is 4.12. The molecule has 1 unspecified atom stereocenters. The first-order valence-corrected chi connectivity index (χ1v) is 6.84. The smallest absolute Gasteiger partial charge is 0.249 e. The molecule has 0 aromatic rings. The molecular weight excluding hydrogens is 228 g/mol. The van der Waals surface area contributed by atoms with Crippen LogP contribution in [-0.4, -0.2) is 50.2 Å². The van der Waals surface area contributed by atoms with Crippen molar-refractivity contribution in [2.24, 2.45) is 5.92 Å². The Morgan fingerprint density at radius 1 is 1.50 bits per heavy atom. The van der Waals surface area contributed by atoms with Gasteiger partial charge in [-0.2, -0.15) is 0 Å². The maximum Gasteiger partial charge on any atom is 0.249 e. The van der Waals surface area contributed by atoms with E-state index in [0.29, 0.717) is 25.1 Å². The largest absolute Gasteiger partial charge is 0.383 e. The van der Waals surface area contributed by atoms with E-state index < -0.39 is 0 Å². The zero-order chi connectivity index (χ0) is 13.1. The van der Waals surface area contributed by atoms with Crippen LogP contribution >= 0.6 is 0 Å². The first kappa shape index (κ1) is 13.6. The molecule has 2 aliphatic rings. The standard InChI is InChI=1S/C14H24N2O2/c1-10(13-8-15-9-13)14(17)16(6-7-18-3)11(2)12-4-5-12/h11-12,15H,4-9H2,1-3H3. The van der Waals surface area contributed by atoms with Crippen molar-refractivity contribution in [2.45, 2.75) is 32.7 Å². The summed E-state index contributed by atoms with van der Waals surface area (Å²) in [5.74, 6) is 0.895. The predicted molar refractivity (Wildman–Crippen MR) is 71.3 cm³/mol. The van der Waals surface area contributed by atoms with Crippen LogP contribution in [0.2, 0.25) is 0 Å². The summed E-state index contributed by atoms with van der Waals surface area (Å²) in [5, 5.41) is 3.19. The fraction of sp³-hybridized carbons (Fsp3) is 0.786. The monoisotopic (exact) mass is 252 g/mol. The lowest BCUT2D eigenvalue weighted by Crippen LogP contribution is -2.44. The van der Waals surface area contributed by atoms with Gasteiger partial charge in [-0.05, 0) is 38.2 Å². The van der Waals surface area contributed by atoms with Gasteiger partial charge in [0.05, 0.1) is 6.61 Å². The number of amides is 1. The van der Waals surface area contributed by atoms with Crippen molar-refractivity contribution in [1.29, 1.82) is 0 Å². The summed E-state index contributed by atoms with van der Waals surface area (Å²) in [6, 6.07) is 0.344. The third kappa shape index (κ3) is 2.93. The first-order chi connectivity index (χ1) is 8.65. The highest BCUT2D eigenvalue weighted by Crippen LogP contribution is 2.35. The van der Waals surface area contributed by atoms with Gasteiger partial charge in [0.1, 0.15) is 0 Å². The molecule has 4 nitrogen and oxygen atoms in total. The average Bonchev–Trinajstić information content (AvgIpc) is 3.10. The lowest BCUT2D eigenvalue weighted by atomic mass is 10.0. The molecule has 1 amide bonds. The van der Waals surface area contributed by atoms with E-state index in [1.54, 1.807) is 7.11 Å². The van der Waals surface area contributed by atoms with Crippen LogP contribution in [0.5, 0.6) is 0 Å². The summed E-state index contributed by atoms with van der Waals surface area (Å²) < 4.78 is 5.13. The van der Waals surface area contributed by atoms with Gasteiger partial charge in [-0.3, -0.25) is 4.79 Å². The van der Waals surface area contributed by atoms with E-state index in [9.17, 15) is 4.79 Å². The molecule has 1 aliphatic heterocycles. The number of methoxy groups -OCH3 is 1. The second-order valence-corrected chi connectivity index (χ2v) is 5.40.